The second-order valence-corrected chi connectivity index (χ2v) is 9.91. The van der Waals surface area contributed by atoms with E-state index >= 15 is 0 Å². The summed E-state index contributed by atoms with van der Waals surface area (Å²) >= 11 is 3.44. The maximum atomic E-state index is 13.5. The van der Waals surface area contributed by atoms with Crippen LogP contribution >= 0.6 is 15.9 Å². The third kappa shape index (κ3) is 4.88. The lowest BCUT2D eigenvalue weighted by Gasteiger charge is -2.27. The molecule has 0 saturated carbocycles. The summed E-state index contributed by atoms with van der Waals surface area (Å²) in [5.41, 5.74) is 4.96. The van der Waals surface area contributed by atoms with Gasteiger partial charge in [0.25, 0.3) is 11.7 Å². The molecule has 1 fully saturated rings. The van der Waals surface area contributed by atoms with E-state index in [2.05, 4.69) is 34.7 Å². The van der Waals surface area contributed by atoms with Gasteiger partial charge in [0.15, 0.2) is 0 Å². The number of hydrogen-bond donors (Lipinski definition) is 1. The van der Waals surface area contributed by atoms with Crippen LogP contribution in [0, 0.1) is 13.8 Å². The summed E-state index contributed by atoms with van der Waals surface area (Å²) in [4.78, 5) is 30.6. The standard InChI is InChI=1S/C30H31BrN2O4/c1-6-32(7-2)22-13-9-20(10-14-22)27-26(28(34)21-11-15-25(37-5)24(31)17-21)29(35)30(36)33(27)23-12-8-18(3)19(4)16-23/h8-17,27,34H,6-7H2,1-5H3/b28-26+. The third-order valence-corrected chi connectivity index (χ3v) is 7.60. The first kappa shape index (κ1) is 26.5. The number of methoxy groups -OCH3 is 1. The number of hydrogen-bond acceptors (Lipinski definition) is 5. The number of rotatable bonds is 7. The lowest BCUT2D eigenvalue weighted by Crippen LogP contribution is -2.29. The minimum atomic E-state index is -0.784. The first-order valence-corrected chi connectivity index (χ1v) is 13.1. The Balaban J connectivity index is 1.91. The number of Topliss-reactive ketones (excluding diaryl/α,β-unsaturated/α-hetero) is 1. The molecule has 1 N–H and O–H groups in total. The molecule has 1 heterocycles. The molecule has 1 aliphatic heterocycles. The zero-order valence-corrected chi connectivity index (χ0v) is 23.3. The van der Waals surface area contributed by atoms with Gasteiger partial charge in [-0.1, -0.05) is 18.2 Å². The molecule has 6 nitrogen and oxygen atoms in total. The first-order chi connectivity index (χ1) is 17.7. The zero-order chi connectivity index (χ0) is 26.9. The number of anilines is 2. The molecular weight excluding hydrogens is 532 g/mol. The number of ketones is 1. The SMILES string of the molecule is CCN(CC)c1ccc(C2/C(=C(\O)c3ccc(OC)c(Br)c3)C(=O)C(=O)N2c2ccc(C)c(C)c2)cc1. The van der Waals surface area contributed by atoms with Crippen molar-refractivity contribution in [2.24, 2.45) is 0 Å². The molecular formula is C30H31BrN2O4. The summed E-state index contributed by atoms with van der Waals surface area (Å²) in [5.74, 6) is -1.03. The monoisotopic (exact) mass is 562 g/mol. The molecule has 3 aromatic carbocycles. The lowest BCUT2D eigenvalue weighted by molar-refractivity contribution is -0.132. The smallest absolute Gasteiger partial charge is 0.300 e. The van der Waals surface area contributed by atoms with E-state index < -0.39 is 17.7 Å². The van der Waals surface area contributed by atoms with Crippen LogP contribution in [-0.2, 0) is 9.59 Å². The summed E-state index contributed by atoms with van der Waals surface area (Å²) in [6.07, 6.45) is 0. The van der Waals surface area contributed by atoms with Gasteiger partial charge in [0.2, 0.25) is 0 Å². The Morgan fingerprint density at radius 1 is 0.973 bits per heavy atom. The van der Waals surface area contributed by atoms with Crippen LogP contribution < -0.4 is 14.5 Å². The van der Waals surface area contributed by atoms with Gasteiger partial charge in [-0.3, -0.25) is 14.5 Å². The fraction of sp³-hybridized carbons (Fsp3) is 0.267. The molecule has 0 aromatic heterocycles. The molecule has 0 spiro atoms. The molecule has 1 unspecified atom stereocenters. The van der Waals surface area contributed by atoms with Crippen molar-refractivity contribution < 1.29 is 19.4 Å². The van der Waals surface area contributed by atoms with Gasteiger partial charge in [-0.15, -0.1) is 0 Å². The van der Waals surface area contributed by atoms with Crippen LogP contribution in [-0.4, -0.2) is 37.0 Å². The lowest BCUT2D eigenvalue weighted by atomic mass is 9.94. The van der Waals surface area contributed by atoms with E-state index in [0.717, 1.165) is 35.5 Å². The third-order valence-electron chi connectivity index (χ3n) is 6.98. The van der Waals surface area contributed by atoms with E-state index in [9.17, 15) is 14.7 Å². The van der Waals surface area contributed by atoms with Gasteiger partial charge in [0.05, 0.1) is 23.2 Å². The predicted molar refractivity (Wildman–Crippen MR) is 151 cm³/mol. The van der Waals surface area contributed by atoms with Crippen molar-refractivity contribution in [2.75, 3.05) is 30.0 Å². The Morgan fingerprint density at radius 3 is 2.22 bits per heavy atom. The van der Waals surface area contributed by atoms with Gasteiger partial charge < -0.3 is 14.7 Å². The van der Waals surface area contributed by atoms with E-state index in [4.69, 9.17) is 4.74 Å². The second kappa shape index (κ2) is 10.8. The molecule has 7 heteroatoms. The normalized spacial score (nSPS) is 16.8. The highest BCUT2D eigenvalue weighted by Gasteiger charge is 2.47. The molecule has 1 atom stereocenters. The Kier molecular flexibility index (Phi) is 7.73. The number of amides is 1. The Bertz CT molecular complexity index is 1380. The molecule has 37 heavy (non-hydrogen) atoms. The van der Waals surface area contributed by atoms with Crippen molar-refractivity contribution in [1.29, 1.82) is 0 Å². The largest absolute Gasteiger partial charge is 0.507 e. The zero-order valence-electron chi connectivity index (χ0n) is 21.7. The van der Waals surface area contributed by atoms with Crippen molar-refractivity contribution in [2.45, 2.75) is 33.7 Å². The quantitative estimate of drug-likeness (QED) is 0.201. The fourth-order valence-corrected chi connectivity index (χ4v) is 5.26. The summed E-state index contributed by atoms with van der Waals surface area (Å²) < 4.78 is 5.93. The number of aryl methyl sites for hydroxylation is 2. The van der Waals surface area contributed by atoms with E-state index in [1.165, 1.54) is 4.90 Å². The second-order valence-electron chi connectivity index (χ2n) is 9.05. The van der Waals surface area contributed by atoms with Crippen LogP contribution in [0.3, 0.4) is 0 Å². The molecule has 0 bridgehead atoms. The van der Waals surface area contributed by atoms with Gasteiger partial charge in [-0.25, -0.2) is 0 Å². The van der Waals surface area contributed by atoms with Crippen LogP contribution in [0.1, 0.15) is 42.1 Å². The van der Waals surface area contributed by atoms with E-state index in [1.807, 2.05) is 56.3 Å². The van der Waals surface area contributed by atoms with Gasteiger partial charge in [0.1, 0.15) is 11.5 Å². The van der Waals surface area contributed by atoms with Crippen molar-refractivity contribution in [3.05, 3.63) is 93.0 Å². The molecule has 0 aliphatic carbocycles. The highest BCUT2D eigenvalue weighted by molar-refractivity contribution is 9.10. The van der Waals surface area contributed by atoms with E-state index in [1.54, 1.807) is 25.3 Å². The highest BCUT2D eigenvalue weighted by Crippen LogP contribution is 2.43. The van der Waals surface area contributed by atoms with E-state index in [-0.39, 0.29) is 11.3 Å². The van der Waals surface area contributed by atoms with Gasteiger partial charge in [0, 0.05) is 30.0 Å². The van der Waals surface area contributed by atoms with Crippen molar-refractivity contribution in [3.63, 3.8) is 0 Å². The van der Waals surface area contributed by atoms with Crippen molar-refractivity contribution in [1.82, 2.24) is 0 Å². The number of carbonyl (C=O) groups is 2. The van der Waals surface area contributed by atoms with Crippen molar-refractivity contribution >= 4 is 44.8 Å². The average Bonchev–Trinajstić information content (AvgIpc) is 3.16. The summed E-state index contributed by atoms with van der Waals surface area (Å²) in [7, 11) is 1.55. The van der Waals surface area contributed by atoms with Gasteiger partial charge in [-0.2, -0.15) is 0 Å². The van der Waals surface area contributed by atoms with Crippen LogP contribution in [0.5, 0.6) is 5.75 Å². The maximum absolute atomic E-state index is 13.5. The Hall–Kier alpha value is -3.58. The predicted octanol–water partition coefficient (Wildman–Crippen LogP) is 6.55. The number of nitrogens with zero attached hydrogens (tertiary/aromatic N) is 2. The Labute approximate surface area is 226 Å². The minimum Gasteiger partial charge on any atom is -0.507 e. The van der Waals surface area contributed by atoms with Crippen LogP contribution in [0.15, 0.2) is 70.7 Å². The molecule has 1 amide bonds. The van der Waals surface area contributed by atoms with Crippen LogP contribution in [0.25, 0.3) is 5.76 Å². The van der Waals surface area contributed by atoms with Gasteiger partial charge >= 0.3 is 0 Å². The average molecular weight is 563 g/mol. The fourth-order valence-electron chi connectivity index (χ4n) is 4.72. The first-order valence-electron chi connectivity index (χ1n) is 12.3. The van der Waals surface area contributed by atoms with Crippen LogP contribution in [0.2, 0.25) is 0 Å². The topological polar surface area (TPSA) is 70.1 Å². The number of aliphatic hydroxyl groups excluding tert-OH is 1. The summed E-state index contributed by atoms with van der Waals surface area (Å²) in [6.45, 7) is 9.89. The van der Waals surface area contributed by atoms with Crippen LogP contribution in [0.4, 0.5) is 11.4 Å². The van der Waals surface area contributed by atoms with Gasteiger partial charge in [-0.05, 0) is 103 Å². The van der Waals surface area contributed by atoms with E-state index in [0.29, 0.717) is 21.5 Å². The number of halogens is 1. The Morgan fingerprint density at radius 2 is 1.65 bits per heavy atom. The number of carbonyl (C=O) groups excluding carboxylic acids is 2. The maximum Gasteiger partial charge on any atom is 0.300 e. The molecule has 3 aromatic rings. The minimum absolute atomic E-state index is 0.0517. The van der Waals surface area contributed by atoms with Crippen molar-refractivity contribution in [3.8, 4) is 5.75 Å². The number of ether oxygens (including phenoxy) is 1. The summed E-state index contributed by atoms with van der Waals surface area (Å²) in [6, 6.07) is 17.8. The molecule has 1 aliphatic rings. The molecule has 4 rings (SSSR count). The number of benzene rings is 3. The summed E-state index contributed by atoms with van der Waals surface area (Å²) in [5, 5.41) is 11.4. The number of aliphatic hydroxyl groups is 1. The molecule has 0 radical (unpaired) electrons. The highest BCUT2D eigenvalue weighted by atomic mass is 79.9. The molecule has 192 valence electrons. The molecule has 1 saturated heterocycles.